The number of fused-ring (bicyclic) bond motifs is 1. The molecule has 114 valence electrons. The van der Waals surface area contributed by atoms with Gasteiger partial charge in [0.15, 0.2) is 0 Å². The molecule has 3 nitrogen and oxygen atoms in total. The Balaban J connectivity index is 1.78. The van der Waals surface area contributed by atoms with Crippen molar-refractivity contribution in [1.82, 2.24) is 5.32 Å². The third kappa shape index (κ3) is 2.77. The zero-order valence-electron chi connectivity index (χ0n) is 11.8. The lowest BCUT2D eigenvalue weighted by molar-refractivity contribution is 0.0920. The summed E-state index contributed by atoms with van der Waals surface area (Å²) in [5.74, 6) is -0.601. The molecule has 1 amide bonds. The first-order valence-electron chi connectivity index (χ1n) is 6.74. The molecule has 0 saturated heterocycles. The number of carbonyl (C=O) groups is 1. The van der Waals surface area contributed by atoms with Crippen LogP contribution in [0.3, 0.4) is 0 Å². The number of halogens is 1. The second-order valence-electron chi connectivity index (χ2n) is 4.95. The van der Waals surface area contributed by atoms with Crippen molar-refractivity contribution in [2.45, 2.75) is 13.0 Å². The van der Waals surface area contributed by atoms with Crippen molar-refractivity contribution in [2.75, 3.05) is 6.54 Å². The van der Waals surface area contributed by atoms with E-state index in [-0.39, 0.29) is 18.3 Å². The van der Waals surface area contributed by atoms with Crippen LogP contribution in [0, 0.1) is 12.7 Å². The highest BCUT2D eigenvalue weighted by Gasteiger charge is 2.18. The maximum Gasteiger partial charge on any atom is 0.261 e. The van der Waals surface area contributed by atoms with Crippen LogP contribution in [-0.4, -0.2) is 17.6 Å². The summed E-state index contributed by atoms with van der Waals surface area (Å²) < 4.78 is 14.6. The van der Waals surface area contributed by atoms with Crippen LogP contribution in [0.2, 0.25) is 0 Å². The minimum absolute atomic E-state index is 0.131. The van der Waals surface area contributed by atoms with Crippen LogP contribution in [0.25, 0.3) is 10.1 Å². The summed E-state index contributed by atoms with van der Waals surface area (Å²) in [6, 6.07) is 6.65. The van der Waals surface area contributed by atoms with Gasteiger partial charge in [0.25, 0.3) is 5.91 Å². The number of hydrogen-bond donors (Lipinski definition) is 2. The molecule has 2 heterocycles. The van der Waals surface area contributed by atoms with E-state index >= 15 is 0 Å². The minimum atomic E-state index is -0.735. The van der Waals surface area contributed by atoms with Gasteiger partial charge in [0, 0.05) is 16.6 Å². The normalized spacial score (nSPS) is 12.5. The number of aryl methyl sites for hydroxylation is 1. The fourth-order valence-electron chi connectivity index (χ4n) is 2.32. The van der Waals surface area contributed by atoms with Gasteiger partial charge >= 0.3 is 0 Å². The number of carbonyl (C=O) groups excluding carboxylic acids is 1. The Hall–Kier alpha value is -1.76. The standard InChI is InChI=1S/C16H14FNO2S2/c1-9-14-11(17)3-2-4-13(14)22-15(9)16(20)18-7-12(19)10-5-6-21-8-10/h2-6,8,12,19H,7H2,1H3,(H,18,20). The number of aliphatic hydroxyl groups excluding tert-OH is 1. The van der Waals surface area contributed by atoms with Gasteiger partial charge in [-0.1, -0.05) is 6.07 Å². The predicted octanol–water partition coefficient (Wildman–Crippen LogP) is 3.87. The first-order chi connectivity index (χ1) is 10.6. The monoisotopic (exact) mass is 335 g/mol. The highest BCUT2D eigenvalue weighted by atomic mass is 32.1. The first-order valence-corrected chi connectivity index (χ1v) is 8.50. The van der Waals surface area contributed by atoms with Crippen LogP contribution in [-0.2, 0) is 0 Å². The Morgan fingerprint density at radius 2 is 2.23 bits per heavy atom. The lowest BCUT2D eigenvalue weighted by Gasteiger charge is -2.10. The van der Waals surface area contributed by atoms with Gasteiger partial charge < -0.3 is 10.4 Å². The van der Waals surface area contributed by atoms with E-state index in [4.69, 9.17) is 0 Å². The molecular weight excluding hydrogens is 321 g/mol. The molecule has 2 N–H and O–H groups in total. The van der Waals surface area contributed by atoms with E-state index in [1.54, 1.807) is 19.1 Å². The van der Waals surface area contributed by atoms with Crippen molar-refractivity contribution in [2.24, 2.45) is 0 Å². The van der Waals surface area contributed by atoms with Gasteiger partial charge in [0.1, 0.15) is 5.82 Å². The Labute approximate surface area is 135 Å². The molecule has 2 aromatic heterocycles. The number of aliphatic hydroxyl groups is 1. The Kier molecular flexibility index (Phi) is 4.24. The topological polar surface area (TPSA) is 49.3 Å². The van der Waals surface area contributed by atoms with Crippen molar-refractivity contribution in [1.29, 1.82) is 0 Å². The fourth-order valence-corrected chi connectivity index (χ4v) is 4.17. The molecule has 0 spiro atoms. The molecule has 1 unspecified atom stereocenters. The molecular formula is C16H14FNO2S2. The van der Waals surface area contributed by atoms with Crippen molar-refractivity contribution in [3.8, 4) is 0 Å². The summed E-state index contributed by atoms with van der Waals surface area (Å²) in [6.45, 7) is 1.87. The zero-order valence-corrected chi connectivity index (χ0v) is 13.4. The van der Waals surface area contributed by atoms with E-state index in [1.165, 1.54) is 28.7 Å². The lowest BCUT2D eigenvalue weighted by atomic mass is 10.1. The van der Waals surface area contributed by atoms with Gasteiger partial charge in [-0.3, -0.25) is 4.79 Å². The van der Waals surface area contributed by atoms with Crippen LogP contribution in [0.15, 0.2) is 35.0 Å². The van der Waals surface area contributed by atoms with Gasteiger partial charge in [0.2, 0.25) is 0 Å². The van der Waals surface area contributed by atoms with Crippen LogP contribution in [0.1, 0.15) is 26.9 Å². The molecule has 1 atom stereocenters. The highest BCUT2D eigenvalue weighted by Crippen LogP contribution is 2.32. The molecule has 3 rings (SSSR count). The zero-order chi connectivity index (χ0) is 15.7. The van der Waals surface area contributed by atoms with E-state index in [1.807, 2.05) is 16.8 Å². The predicted molar refractivity (Wildman–Crippen MR) is 88.1 cm³/mol. The Morgan fingerprint density at radius 1 is 1.41 bits per heavy atom. The van der Waals surface area contributed by atoms with E-state index in [9.17, 15) is 14.3 Å². The Bertz CT molecular complexity index is 811. The highest BCUT2D eigenvalue weighted by molar-refractivity contribution is 7.21. The summed E-state index contributed by atoms with van der Waals surface area (Å²) in [7, 11) is 0. The molecule has 0 aliphatic rings. The van der Waals surface area contributed by atoms with Crippen molar-refractivity contribution < 1.29 is 14.3 Å². The first kappa shape index (κ1) is 15.1. The molecule has 0 radical (unpaired) electrons. The lowest BCUT2D eigenvalue weighted by Crippen LogP contribution is -2.28. The summed E-state index contributed by atoms with van der Waals surface area (Å²) in [5.41, 5.74) is 1.42. The van der Waals surface area contributed by atoms with Gasteiger partial charge in [-0.15, -0.1) is 11.3 Å². The average Bonchev–Trinajstić information content (AvgIpc) is 3.13. The van der Waals surface area contributed by atoms with Crippen molar-refractivity contribution >= 4 is 38.7 Å². The molecule has 0 saturated carbocycles. The second-order valence-corrected chi connectivity index (χ2v) is 6.78. The number of rotatable bonds is 4. The van der Waals surface area contributed by atoms with Crippen molar-refractivity contribution in [3.63, 3.8) is 0 Å². The largest absolute Gasteiger partial charge is 0.387 e. The molecule has 1 aromatic carbocycles. The van der Waals surface area contributed by atoms with Gasteiger partial charge in [-0.25, -0.2) is 4.39 Å². The molecule has 22 heavy (non-hydrogen) atoms. The summed E-state index contributed by atoms with van der Waals surface area (Å²) >= 11 is 2.76. The third-order valence-corrected chi connectivity index (χ3v) is 5.45. The summed E-state index contributed by atoms with van der Waals surface area (Å²) in [6.07, 6.45) is -0.735. The quantitative estimate of drug-likeness (QED) is 0.760. The van der Waals surface area contributed by atoms with E-state index < -0.39 is 6.10 Å². The number of amides is 1. The fraction of sp³-hybridized carbons (Fsp3) is 0.188. The van der Waals surface area contributed by atoms with Gasteiger partial charge in [-0.05, 0) is 47.0 Å². The molecule has 0 aliphatic heterocycles. The SMILES string of the molecule is Cc1c(C(=O)NCC(O)c2ccsc2)sc2cccc(F)c12. The smallest absolute Gasteiger partial charge is 0.261 e. The number of nitrogens with one attached hydrogen (secondary N) is 1. The minimum Gasteiger partial charge on any atom is -0.387 e. The molecule has 0 aliphatic carbocycles. The van der Waals surface area contributed by atoms with Crippen LogP contribution in [0.5, 0.6) is 0 Å². The maximum atomic E-state index is 13.9. The number of hydrogen-bond acceptors (Lipinski definition) is 4. The number of thiophene rings is 2. The number of benzene rings is 1. The molecule has 0 bridgehead atoms. The maximum absolute atomic E-state index is 13.9. The van der Waals surface area contributed by atoms with Crippen LogP contribution < -0.4 is 5.32 Å². The van der Waals surface area contributed by atoms with Gasteiger partial charge in [0.05, 0.1) is 11.0 Å². The second kappa shape index (κ2) is 6.16. The van der Waals surface area contributed by atoms with Crippen LogP contribution in [0.4, 0.5) is 4.39 Å². The third-order valence-electron chi connectivity index (χ3n) is 3.49. The van der Waals surface area contributed by atoms with E-state index in [0.717, 1.165) is 10.3 Å². The van der Waals surface area contributed by atoms with E-state index in [2.05, 4.69) is 5.32 Å². The summed E-state index contributed by atoms with van der Waals surface area (Å²) in [5, 5.41) is 16.9. The van der Waals surface area contributed by atoms with Crippen LogP contribution >= 0.6 is 22.7 Å². The average molecular weight is 335 g/mol. The van der Waals surface area contributed by atoms with Crippen molar-refractivity contribution in [3.05, 3.63) is 56.8 Å². The molecule has 6 heteroatoms. The molecule has 0 fully saturated rings. The summed E-state index contributed by atoms with van der Waals surface area (Å²) in [4.78, 5) is 12.8. The molecule has 3 aromatic rings. The van der Waals surface area contributed by atoms with Gasteiger partial charge in [-0.2, -0.15) is 11.3 Å². The van der Waals surface area contributed by atoms with E-state index in [0.29, 0.717) is 15.8 Å². The Morgan fingerprint density at radius 3 is 2.91 bits per heavy atom.